The fourth-order valence-corrected chi connectivity index (χ4v) is 3.80. The predicted molar refractivity (Wildman–Crippen MR) is 97.0 cm³/mol. The number of sulfone groups is 1. The van der Waals surface area contributed by atoms with Gasteiger partial charge in [-0.1, -0.05) is 47.1 Å². The van der Waals surface area contributed by atoms with Gasteiger partial charge in [0.15, 0.2) is 15.7 Å². The van der Waals surface area contributed by atoms with Crippen LogP contribution in [0.15, 0.2) is 59.1 Å². The fourth-order valence-electron chi connectivity index (χ4n) is 2.43. The Morgan fingerprint density at radius 1 is 1.00 bits per heavy atom. The van der Waals surface area contributed by atoms with Crippen LogP contribution in [0, 0.1) is 0 Å². The summed E-state index contributed by atoms with van der Waals surface area (Å²) < 4.78 is 29.6. The van der Waals surface area contributed by atoms with Crippen molar-refractivity contribution in [3.05, 3.63) is 71.0 Å². The first-order valence-electron chi connectivity index (χ1n) is 7.85. The molecule has 130 valence electrons. The summed E-state index contributed by atoms with van der Waals surface area (Å²) in [5.41, 5.74) is 1.83. The van der Waals surface area contributed by atoms with Crippen LogP contribution in [0.5, 0.6) is 0 Å². The third kappa shape index (κ3) is 5.14. The van der Waals surface area contributed by atoms with Crippen LogP contribution in [0.4, 0.5) is 0 Å². The number of hydrogen-bond acceptors (Lipinski definition) is 5. The van der Waals surface area contributed by atoms with Gasteiger partial charge in [0, 0.05) is 10.6 Å². The highest BCUT2D eigenvalue weighted by Gasteiger charge is 2.17. The van der Waals surface area contributed by atoms with E-state index in [2.05, 4.69) is 10.1 Å². The Hall–Kier alpha value is -2.18. The van der Waals surface area contributed by atoms with E-state index < -0.39 is 9.84 Å². The number of halogens is 1. The van der Waals surface area contributed by atoms with E-state index in [1.54, 1.807) is 24.3 Å². The summed E-state index contributed by atoms with van der Waals surface area (Å²) in [6, 6.07) is 16.7. The number of aryl methyl sites for hydroxylation is 1. The molecule has 0 saturated heterocycles. The number of hydrogen-bond donors (Lipinski definition) is 0. The van der Waals surface area contributed by atoms with Gasteiger partial charge in [0.2, 0.25) is 0 Å². The Labute approximate surface area is 151 Å². The van der Waals surface area contributed by atoms with Crippen LogP contribution in [-0.2, 0) is 22.0 Å². The molecule has 1 aromatic heterocycles. The van der Waals surface area contributed by atoms with Gasteiger partial charge in [-0.25, -0.2) is 8.42 Å². The van der Waals surface area contributed by atoms with E-state index in [0.717, 1.165) is 12.0 Å². The average molecular weight is 377 g/mol. The summed E-state index contributed by atoms with van der Waals surface area (Å²) in [6.45, 7) is 0. The molecule has 0 N–H and O–H groups in total. The standard InChI is InChI=1S/C18H17ClN2O3S/c19-16-10-8-15(9-11-16)18-20-17(21-24-18)13-25(22,23)12-4-7-14-5-2-1-3-6-14/h1-3,5-6,8-11H,4,7,12-13H2. The molecule has 25 heavy (non-hydrogen) atoms. The molecule has 0 radical (unpaired) electrons. The Morgan fingerprint density at radius 2 is 1.72 bits per heavy atom. The third-order valence-electron chi connectivity index (χ3n) is 3.67. The fraction of sp³-hybridized carbons (Fsp3) is 0.222. The molecule has 0 saturated carbocycles. The zero-order valence-corrected chi connectivity index (χ0v) is 15.0. The van der Waals surface area contributed by atoms with Gasteiger partial charge >= 0.3 is 0 Å². The van der Waals surface area contributed by atoms with Gasteiger partial charge in [-0.05, 0) is 42.7 Å². The van der Waals surface area contributed by atoms with E-state index in [1.165, 1.54) is 0 Å². The maximum absolute atomic E-state index is 12.2. The van der Waals surface area contributed by atoms with Crippen molar-refractivity contribution in [2.45, 2.75) is 18.6 Å². The lowest BCUT2D eigenvalue weighted by Gasteiger charge is -2.02. The van der Waals surface area contributed by atoms with Crippen LogP contribution in [0.2, 0.25) is 5.02 Å². The number of nitrogens with zero attached hydrogens (tertiary/aromatic N) is 2. The topological polar surface area (TPSA) is 73.1 Å². The van der Waals surface area contributed by atoms with Crippen LogP contribution in [0.3, 0.4) is 0 Å². The zero-order chi connectivity index (χ0) is 17.7. The lowest BCUT2D eigenvalue weighted by molar-refractivity contribution is 0.424. The summed E-state index contributed by atoms with van der Waals surface area (Å²) in [5, 5.41) is 4.37. The van der Waals surface area contributed by atoms with Gasteiger partial charge in [-0.2, -0.15) is 4.98 Å². The Morgan fingerprint density at radius 3 is 2.44 bits per heavy atom. The van der Waals surface area contributed by atoms with Crippen molar-refractivity contribution in [3.8, 4) is 11.5 Å². The molecule has 0 atom stereocenters. The van der Waals surface area contributed by atoms with Crippen LogP contribution in [0.1, 0.15) is 17.8 Å². The quantitative estimate of drug-likeness (QED) is 0.624. The van der Waals surface area contributed by atoms with Crippen molar-refractivity contribution >= 4 is 21.4 Å². The SMILES string of the molecule is O=S(=O)(CCCc1ccccc1)Cc1noc(-c2ccc(Cl)cc2)n1. The van der Waals surface area contributed by atoms with Gasteiger partial charge in [0.05, 0.1) is 5.75 Å². The second kappa shape index (κ2) is 7.80. The number of rotatable bonds is 7. The second-order valence-electron chi connectivity index (χ2n) is 5.70. The molecule has 0 spiro atoms. The number of benzene rings is 2. The Balaban J connectivity index is 1.58. The lowest BCUT2D eigenvalue weighted by atomic mass is 10.1. The first-order valence-corrected chi connectivity index (χ1v) is 10.0. The highest BCUT2D eigenvalue weighted by atomic mass is 35.5. The Bertz CT molecular complexity index is 922. The van der Waals surface area contributed by atoms with Crippen LogP contribution in [-0.4, -0.2) is 24.3 Å². The van der Waals surface area contributed by atoms with Crippen molar-refractivity contribution in [2.75, 3.05) is 5.75 Å². The molecule has 0 aliphatic carbocycles. The largest absolute Gasteiger partial charge is 0.334 e. The van der Waals surface area contributed by atoms with E-state index in [-0.39, 0.29) is 23.2 Å². The van der Waals surface area contributed by atoms with E-state index in [1.807, 2.05) is 30.3 Å². The normalized spacial score (nSPS) is 11.6. The number of aromatic nitrogens is 2. The highest BCUT2D eigenvalue weighted by molar-refractivity contribution is 7.90. The van der Waals surface area contributed by atoms with Crippen LogP contribution in [0.25, 0.3) is 11.5 Å². The maximum Gasteiger partial charge on any atom is 0.257 e. The summed E-state index contributed by atoms with van der Waals surface area (Å²) in [6.07, 6.45) is 1.29. The molecular formula is C18H17ClN2O3S. The van der Waals surface area contributed by atoms with E-state index in [4.69, 9.17) is 16.1 Å². The average Bonchev–Trinajstić information content (AvgIpc) is 3.04. The molecule has 3 rings (SSSR count). The summed E-state index contributed by atoms with van der Waals surface area (Å²) in [4.78, 5) is 4.16. The first kappa shape index (κ1) is 17.6. The van der Waals surface area contributed by atoms with Gasteiger partial charge in [-0.15, -0.1) is 0 Å². The smallest absolute Gasteiger partial charge is 0.257 e. The lowest BCUT2D eigenvalue weighted by Crippen LogP contribution is -2.11. The molecule has 0 unspecified atom stereocenters. The van der Waals surface area contributed by atoms with Crippen molar-refractivity contribution in [1.82, 2.24) is 10.1 Å². The molecule has 0 aliphatic heterocycles. The van der Waals surface area contributed by atoms with E-state index in [0.29, 0.717) is 17.0 Å². The predicted octanol–water partition coefficient (Wildman–Crippen LogP) is 3.94. The van der Waals surface area contributed by atoms with Gasteiger partial charge in [-0.3, -0.25) is 0 Å². The second-order valence-corrected chi connectivity index (χ2v) is 8.32. The zero-order valence-electron chi connectivity index (χ0n) is 13.4. The van der Waals surface area contributed by atoms with Crippen molar-refractivity contribution < 1.29 is 12.9 Å². The molecule has 2 aromatic carbocycles. The summed E-state index contributed by atoms with van der Waals surface area (Å²) in [5.74, 6) is 0.321. The van der Waals surface area contributed by atoms with E-state index in [9.17, 15) is 8.42 Å². The first-order chi connectivity index (χ1) is 12.0. The maximum atomic E-state index is 12.2. The van der Waals surface area contributed by atoms with Crippen LogP contribution >= 0.6 is 11.6 Å². The highest BCUT2D eigenvalue weighted by Crippen LogP contribution is 2.20. The molecule has 7 heteroatoms. The molecule has 0 fully saturated rings. The van der Waals surface area contributed by atoms with E-state index >= 15 is 0 Å². The van der Waals surface area contributed by atoms with Crippen molar-refractivity contribution in [1.29, 1.82) is 0 Å². The van der Waals surface area contributed by atoms with Gasteiger partial charge < -0.3 is 4.52 Å². The molecule has 1 heterocycles. The molecule has 0 bridgehead atoms. The minimum absolute atomic E-state index is 0.0900. The molecule has 5 nitrogen and oxygen atoms in total. The monoisotopic (exact) mass is 376 g/mol. The van der Waals surface area contributed by atoms with Crippen LogP contribution < -0.4 is 0 Å². The summed E-state index contributed by atoms with van der Waals surface area (Å²) >= 11 is 5.84. The minimum atomic E-state index is -3.29. The molecule has 0 amide bonds. The van der Waals surface area contributed by atoms with Crippen molar-refractivity contribution in [2.24, 2.45) is 0 Å². The molecule has 3 aromatic rings. The minimum Gasteiger partial charge on any atom is -0.334 e. The van der Waals surface area contributed by atoms with Gasteiger partial charge in [0.1, 0.15) is 5.75 Å². The third-order valence-corrected chi connectivity index (χ3v) is 5.53. The van der Waals surface area contributed by atoms with Gasteiger partial charge in [0.25, 0.3) is 5.89 Å². The Kier molecular flexibility index (Phi) is 5.50. The molecule has 0 aliphatic rings. The summed E-state index contributed by atoms with van der Waals surface area (Å²) in [7, 11) is -3.29. The van der Waals surface area contributed by atoms with Crippen molar-refractivity contribution in [3.63, 3.8) is 0 Å². The molecular weight excluding hydrogens is 360 g/mol.